The molecule has 1 unspecified atom stereocenters. The molecule has 19 heavy (non-hydrogen) atoms. The Morgan fingerprint density at radius 2 is 2.21 bits per heavy atom. The van der Waals surface area contributed by atoms with E-state index in [1.165, 1.54) is 0 Å². The first kappa shape index (κ1) is 18.2. The largest absolute Gasteiger partial charge is 0.324 e. The normalized spacial score (nSPS) is 21.8. The number of halogens is 2. The predicted molar refractivity (Wildman–Crippen MR) is 82.3 cm³/mol. The topological polar surface area (TPSA) is 54.0 Å². The standard InChI is InChI=1S/C13H19N3O.2ClH/c1-10-11(5-3-8-15-10)16-12(17)13(2)6-4-7-14-9-13;;/h3,5,8,14H,4,6-7,9H2,1-2H3,(H,16,17);2*1H. The lowest BCUT2D eigenvalue weighted by molar-refractivity contribution is -0.125. The van der Waals surface area contributed by atoms with Gasteiger partial charge in [0.2, 0.25) is 5.91 Å². The molecule has 1 aromatic rings. The zero-order valence-corrected chi connectivity index (χ0v) is 12.9. The molecule has 2 heterocycles. The Hall–Kier alpha value is -0.840. The fourth-order valence-corrected chi connectivity index (χ4v) is 2.14. The molecule has 0 aliphatic carbocycles. The molecule has 108 valence electrons. The van der Waals surface area contributed by atoms with E-state index in [4.69, 9.17) is 0 Å². The highest BCUT2D eigenvalue weighted by Crippen LogP contribution is 2.27. The third-order valence-electron chi connectivity index (χ3n) is 3.40. The first-order chi connectivity index (χ1) is 8.12. The summed E-state index contributed by atoms with van der Waals surface area (Å²) < 4.78 is 0. The first-order valence-electron chi connectivity index (χ1n) is 6.06. The minimum absolute atomic E-state index is 0. The zero-order valence-electron chi connectivity index (χ0n) is 11.2. The van der Waals surface area contributed by atoms with Crippen LogP contribution in [-0.2, 0) is 4.79 Å². The second kappa shape index (κ2) is 7.68. The number of nitrogens with zero attached hydrogens (tertiary/aromatic N) is 1. The van der Waals surface area contributed by atoms with Gasteiger partial charge in [-0.1, -0.05) is 0 Å². The highest BCUT2D eigenvalue weighted by atomic mass is 35.5. The van der Waals surface area contributed by atoms with Crippen LogP contribution >= 0.6 is 24.8 Å². The molecule has 0 aromatic carbocycles. The molecule has 4 nitrogen and oxygen atoms in total. The Balaban J connectivity index is 0.00000162. The van der Waals surface area contributed by atoms with Crippen LogP contribution in [0.5, 0.6) is 0 Å². The van der Waals surface area contributed by atoms with Crippen LogP contribution in [0.1, 0.15) is 25.5 Å². The highest BCUT2D eigenvalue weighted by molar-refractivity contribution is 5.95. The minimum Gasteiger partial charge on any atom is -0.324 e. The number of piperidine rings is 1. The Bertz CT molecular complexity index is 420. The van der Waals surface area contributed by atoms with Crippen LogP contribution in [0.3, 0.4) is 0 Å². The van der Waals surface area contributed by atoms with Gasteiger partial charge >= 0.3 is 0 Å². The molecule has 1 saturated heterocycles. The summed E-state index contributed by atoms with van der Waals surface area (Å²) in [5, 5.41) is 6.26. The van der Waals surface area contributed by atoms with E-state index >= 15 is 0 Å². The van der Waals surface area contributed by atoms with Gasteiger partial charge in [-0.05, 0) is 45.4 Å². The van der Waals surface area contributed by atoms with Gasteiger partial charge in [0.15, 0.2) is 0 Å². The number of carbonyl (C=O) groups is 1. The van der Waals surface area contributed by atoms with Crippen LogP contribution in [0, 0.1) is 12.3 Å². The van der Waals surface area contributed by atoms with E-state index < -0.39 is 0 Å². The lowest BCUT2D eigenvalue weighted by Crippen LogP contribution is -2.46. The maximum Gasteiger partial charge on any atom is 0.231 e. The van der Waals surface area contributed by atoms with Crippen molar-refractivity contribution in [3.63, 3.8) is 0 Å². The lowest BCUT2D eigenvalue weighted by Gasteiger charge is -2.32. The number of carbonyl (C=O) groups excluding carboxylic acids is 1. The summed E-state index contributed by atoms with van der Waals surface area (Å²) in [6.07, 6.45) is 3.72. The van der Waals surface area contributed by atoms with E-state index in [1.54, 1.807) is 6.20 Å². The lowest BCUT2D eigenvalue weighted by atomic mass is 9.82. The number of nitrogens with one attached hydrogen (secondary N) is 2. The van der Waals surface area contributed by atoms with E-state index in [-0.39, 0.29) is 36.1 Å². The quantitative estimate of drug-likeness (QED) is 0.883. The van der Waals surface area contributed by atoms with E-state index in [1.807, 2.05) is 26.0 Å². The van der Waals surface area contributed by atoms with E-state index in [0.717, 1.165) is 37.3 Å². The SMILES string of the molecule is Cc1ncccc1NC(=O)C1(C)CCCNC1.Cl.Cl. The van der Waals surface area contributed by atoms with Crippen LogP contribution in [0.25, 0.3) is 0 Å². The van der Waals surface area contributed by atoms with Crippen molar-refractivity contribution in [2.75, 3.05) is 18.4 Å². The van der Waals surface area contributed by atoms with Gasteiger partial charge < -0.3 is 10.6 Å². The van der Waals surface area contributed by atoms with Crippen molar-refractivity contribution < 1.29 is 4.79 Å². The van der Waals surface area contributed by atoms with Crippen LogP contribution in [0.2, 0.25) is 0 Å². The fraction of sp³-hybridized carbons (Fsp3) is 0.538. The number of aromatic nitrogens is 1. The van der Waals surface area contributed by atoms with E-state index in [9.17, 15) is 4.79 Å². The summed E-state index contributed by atoms with van der Waals surface area (Å²) in [7, 11) is 0. The summed E-state index contributed by atoms with van der Waals surface area (Å²) in [5.41, 5.74) is 1.36. The smallest absolute Gasteiger partial charge is 0.231 e. The van der Waals surface area contributed by atoms with Crippen molar-refractivity contribution in [1.29, 1.82) is 0 Å². The van der Waals surface area contributed by atoms with Crippen molar-refractivity contribution in [2.45, 2.75) is 26.7 Å². The number of anilines is 1. The molecule has 0 spiro atoms. The second-order valence-electron chi connectivity index (χ2n) is 4.93. The van der Waals surface area contributed by atoms with Crippen molar-refractivity contribution >= 4 is 36.4 Å². The zero-order chi connectivity index (χ0) is 12.3. The molecule has 1 aromatic heterocycles. The molecule has 2 N–H and O–H groups in total. The maximum atomic E-state index is 12.3. The molecule has 1 amide bonds. The number of hydrogen-bond acceptors (Lipinski definition) is 3. The Morgan fingerprint density at radius 1 is 1.47 bits per heavy atom. The molecule has 0 radical (unpaired) electrons. The molecule has 1 atom stereocenters. The Kier molecular flexibility index (Phi) is 7.34. The van der Waals surface area contributed by atoms with Crippen molar-refractivity contribution in [2.24, 2.45) is 5.41 Å². The highest BCUT2D eigenvalue weighted by Gasteiger charge is 2.34. The number of hydrogen-bond donors (Lipinski definition) is 2. The summed E-state index contributed by atoms with van der Waals surface area (Å²) in [6, 6.07) is 3.73. The summed E-state index contributed by atoms with van der Waals surface area (Å²) in [4.78, 5) is 16.4. The van der Waals surface area contributed by atoms with Gasteiger partial charge in [-0.2, -0.15) is 0 Å². The molecular formula is C13H21Cl2N3O. The molecule has 1 aliphatic heterocycles. The average Bonchev–Trinajstić information content (AvgIpc) is 2.33. The van der Waals surface area contributed by atoms with Gasteiger partial charge in [-0.3, -0.25) is 9.78 Å². The molecule has 6 heteroatoms. The summed E-state index contributed by atoms with van der Waals surface area (Å²) in [5.74, 6) is 0.0841. The van der Waals surface area contributed by atoms with Crippen molar-refractivity contribution in [3.05, 3.63) is 24.0 Å². The third-order valence-corrected chi connectivity index (χ3v) is 3.40. The van der Waals surface area contributed by atoms with Crippen LogP contribution in [-0.4, -0.2) is 24.0 Å². The second-order valence-corrected chi connectivity index (χ2v) is 4.93. The predicted octanol–water partition coefficient (Wildman–Crippen LogP) is 2.56. The monoisotopic (exact) mass is 305 g/mol. The van der Waals surface area contributed by atoms with Crippen LogP contribution < -0.4 is 10.6 Å². The molecule has 1 aliphatic rings. The Morgan fingerprint density at radius 3 is 2.79 bits per heavy atom. The number of rotatable bonds is 2. The third kappa shape index (κ3) is 4.34. The number of aryl methyl sites for hydroxylation is 1. The van der Waals surface area contributed by atoms with Gasteiger partial charge in [0.25, 0.3) is 0 Å². The molecular weight excluding hydrogens is 285 g/mol. The Labute approximate surface area is 126 Å². The molecule has 1 fully saturated rings. The van der Waals surface area contributed by atoms with Crippen LogP contribution in [0.4, 0.5) is 5.69 Å². The average molecular weight is 306 g/mol. The minimum atomic E-state index is -0.305. The van der Waals surface area contributed by atoms with Gasteiger partial charge in [0.1, 0.15) is 0 Å². The van der Waals surface area contributed by atoms with Crippen molar-refractivity contribution in [1.82, 2.24) is 10.3 Å². The number of amides is 1. The van der Waals surface area contributed by atoms with Gasteiger partial charge in [-0.15, -0.1) is 24.8 Å². The van der Waals surface area contributed by atoms with E-state index in [0.29, 0.717) is 0 Å². The summed E-state index contributed by atoms with van der Waals surface area (Å²) >= 11 is 0. The molecule has 0 saturated carbocycles. The van der Waals surface area contributed by atoms with Crippen molar-refractivity contribution in [3.8, 4) is 0 Å². The first-order valence-corrected chi connectivity index (χ1v) is 6.06. The fourth-order valence-electron chi connectivity index (χ4n) is 2.14. The molecule has 0 bridgehead atoms. The maximum absolute atomic E-state index is 12.3. The summed E-state index contributed by atoms with van der Waals surface area (Å²) in [6.45, 7) is 5.67. The number of pyridine rings is 1. The van der Waals surface area contributed by atoms with Gasteiger partial charge in [0, 0.05) is 12.7 Å². The van der Waals surface area contributed by atoms with E-state index in [2.05, 4.69) is 15.6 Å². The van der Waals surface area contributed by atoms with Crippen LogP contribution in [0.15, 0.2) is 18.3 Å². The van der Waals surface area contributed by atoms with Gasteiger partial charge in [0.05, 0.1) is 16.8 Å². The van der Waals surface area contributed by atoms with Gasteiger partial charge in [-0.25, -0.2) is 0 Å². The molecule has 2 rings (SSSR count).